The highest BCUT2D eigenvalue weighted by Gasteiger charge is 2.43. The molecule has 1 aromatic rings. The third-order valence-corrected chi connectivity index (χ3v) is 5.00. The van der Waals surface area contributed by atoms with Crippen LogP contribution < -0.4 is 5.32 Å². The summed E-state index contributed by atoms with van der Waals surface area (Å²) in [7, 11) is 1.83. The van der Waals surface area contributed by atoms with Crippen molar-refractivity contribution in [3.05, 3.63) is 17.0 Å². The van der Waals surface area contributed by atoms with Crippen molar-refractivity contribution in [2.24, 2.45) is 7.05 Å². The highest BCUT2D eigenvalue weighted by Crippen LogP contribution is 2.28. The highest BCUT2D eigenvalue weighted by molar-refractivity contribution is 7.99. The van der Waals surface area contributed by atoms with Gasteiger partial charge in [-0.05, 0) is 26.0 Å². The summed E-state index contributed by atoms with van der Waals surface area (Å²) >= 11 is 1.56. The predicted molar refractivity (Wildman–Crippen MR) is 76.8 cm³/mol. The van der Waals surface area contributed by atoms with Crippen molar-refractivity contribution in [1.82, 2.24) is 15.1 Å². The second-order valence-electron chi connectivity index (χ2n) is 5.19. The second kappa shape index (κ2) is 5.47. The molecule has 0 bridgehead atoms. The van der Waals surface area contributed by atoms with Crippen LogP contribution in [0.1, 0.15) is 23.4 Å². The molecule has 1 aromatic heterocycles. The zero-order chi connectivity index (χ0) is 14.9. The van der Waals surface area contributed by atoms with Gasteiger partial charge in [0, 0.05) is 24.1 Å². The molecule has 1 aliphatic rings. The molecule has 2 rings (SSSR count). The van der Waals surface area contributed by atoms with Gasteiger partial charge in [0.05, 0.1) is 12.1 Å². The van der Waals surface area contributed by atoms with E-state index in [1.165, 1.54) is 0 Å². The van der Waals surface area contributed by atoms with Gasteiger partial charge in [0.1, 0.15) is 5.54 Å². The van der Waals surface area contributed by atoms with Crippen molar-refractivity contribution < 1.29 is 14.7 Å². The molecule has 0 aromatic carbocycles. The van der Waals surface area contributed by atoms with E-state index in [1.54, 1.807) is 16.4 Å². The van der Waals surface area contributed by atoms with Crippen LogP contribution in [0.3, 0.4) is 0 Å². The van der Waals surface area contributed by atoms with E-state index in [1.807, 2.05) is 20.9 Å². The van der Waals surface area contributed by atoms with E-state index in [0.717, 1.165) is 22.7 Å². The molecule has 7 heteroatoms. The van der Waals surface area contributed by atoms with Crippen LogP contribution in [0.15, 0.2) is 0 Å². The molecular formula is C13H19N3O3S. The molecule has 1 aliphatic heterocycles. The summed E-state index contributed by atoms with van der Waals surface area (Å²) in [5, 5.41) is 16.3. The summed E-state index contributed by atoms with van der Waals surface area (Å²) in [5.41, 5.74) is 1.51. The van der Waals surface area contributed by atoms with Gasteiger partial charge in [0.25, 0.3) is 0 Å². The number of amides is 1. The van der Waals surface area contributed by atoms with E-state index in [2.05, 4.69) is 10.4 Å². The Hall–Kier alpha value is -1.50. The summed E-state index contributed by atoms with van der Waals surface area (Å²) in [5.74, 6) is -0.0130. The number of carbonyl (C=O) groups is 2. The number of nitrogens with one attached hydrogen (secondary N) is 1. The van der Waals surface area contributed by atoms with E-state index in [4.69, 9.17) is 0 Å². The van der Waals surface area contributed by atoms with Crippen molar-refractivity contribution in [2.45, 2.75) is 32.2 Å². The Morgan fingerprint density at radius 3 is 2.65 bits per heavy atom. The normalized spacial score (nSPS) is 21.9. The number of aliphatic carboxylic acids is 1. The summed E-state index contributed by atoms with van der Waals surface area (Å²) in [6.45, 7) is 3.76. The van der Waals surface area contributed by atoms with Gasteiger partial charge in [-0.15, -0.1) is 0 Å². The Kier molecular flexibility index (Phi) is 4.08. The van der Waals surface area contributed by atoms with Gasteiger partial charge in [-0.25, -0.2) is 4.79 Å². The summed E-state index contributed by atoms with van der Waals surface area (Å²) in [4.78, 5) is 23.6. The highest BCUT2D eigenvalue weighted by atomic mass is 32.2. The lowest BCUT2D eigenvalue weighted by Gasteiger charge is -2.24. The molecule has 0 radical (unpaired) electrons. The monoisotopic (exact) mass is 297 g/mol. The van der Waals surface area contributed by atoms with Gasteiger partial charge in [-0.3, -0.25) is 9.48 Å². The van der Waals surface area contributed by atoms with Crippen LogP contribution >= 0.6 is 11.8 Å². The van der Waals surface area contributed by atoms with Crippen molar-refractivity contribution in [2.75, 3.05) is 11.5 Å². The molecule has 20 heavy (non-hydrogen) atoms. The number of thioether (sulfide) groups is 1. The van der Waals surface area contributed by atoms with Gasteiger partial charge in [-0.2, -0.15) is 16.9 Å². The fourth-order valence-electron chi connectivity index (χ4n) is 2.43. The summed E-state index contributed by atoms with van der Waals surface area (Å²) < 4.78 is 1.73. The largest absolute Gasteiger partial charge is 0.479 e. The van der Waals surface area contributed by atoms with Crippen molar-refractivity contribution in [1.29, 1.82) is 0 Å². The topological polar surface area (TPSA) is 84.2 Å². The van der Waals surface area contributed by atoms with Gasteiger partial charge < -0.3 is 10.4 Å². The van der Waals surface area contributed by atoms with Gasteiger partial charge in [0.15, 0.2) is 0 Å². The number of carbonyl (C=O) groups excluding carboxylic acids is 1. The van der Waals surface area contributed by atoms with Crippen LogP contribution in [0, 0.1) is 13.8 Å². The lowest BCUT2D eigenvalue weighted by atomic mass is 9.98. The molecule has 6 nitrogen and oxygen atoms in total. The molecule has 1 amide bonds. The van der Waals surface area contributed by atoms with Crippen LogP contribution in [0.4, 0.5) is 0 Å². The first-order valence-electron chi connectivity index (χ1n) is 6.47. The smallest absolute Gasteiger partial charge is 0.330 e. The zero-order valence-electron chi connectivity index (χ0n) is 11.9. The number of hydrogen-bond acceptors (Lipinski definition) is 4. The number of aromatic nitrogens is 2. The fourth-order valence-corrected chi connectivity index (χ4v) is 3.76. The standard InChI is InChI=1S/C13H19N3O3S/c1-8-10(9(2)16(3)15-8)6-11(17)14-13(12(18)19)4-5-20-7-13/h4-7H2,1-3H3,(H,14,17)(H,18,19)/t13-/m0/s1. The first-order chi connectivity index (χ1) is 9.35. The Morgan fingerprint density at radius 1 is 1.50 bits per heavy atom. The van der Waals surface area contributed by atoms with Crippen LogP contribution in [-0.4, -0.2) is 43.8 Å². The molecule has 1 saturated heterocycles. The van der Waals surface area contributed by atoms with Crippen LogP contribution in [0.25, 0.3) is 0 Å². The zero-order valence-corrected chi connectivity index (χ0v) is 12.7. The Morgan fingerprint density at radius 2 is 2.20 bits per heavy atom. The predicted octanol–water partition coefficient (Wildman–Crippen LogP) is 0.656. The lowest BCUT2D eigenvalue weighted by Crippen LogP contribution is -2.55. The minimum atomic E-state index is -1.11. The summed E-state index contributed by atoms with van der Waals surface area (Å²) in [6, 6.07) is 0. The maximum absolute atomic E-state index is 12.2. The van der Waals surface area contributed by atoms with E-state index >= 15 is 0 Å². The molecule has 2 heterocycles. The first-order valence-corrected chi connectivity index (χ1v) is 7.62. The van der Waals surface area contributed by atoms with Crippen molar-refractivity contribution in [3.63, 3.8) is 0 Å². The fraction of sp³-hybridized carbons (Fsp3) is 0.615. The Bertz CT molecular complexity index is 547. The molecular weight excluding hydrogens is 278 g/mol. The number of rotatable bonds is 4. The number of carboxylic acid groups (broad SMARTS) is 1. The van der Waals surface area contributed by atoms with Crippen LogP contribution in [0.5, 0.6) is 0 Å². The molecule has 1 atom stereocenters. The average Bonchev–Trinajstić information content (AvgIpc) is 2.92. The van der Waals surface area contributed by atoms with Crippen LogP contribution in [-0.2, 0) is 23.1 Å². The van der Waals surface area contributed by atoms with E-state index < -0.39 is 11.5 Å². The minimum absolute atomic E-state index is 0.172. The van der Waals surface area contributed by atoms with Gasteiger partial charge >= 0.3 is 5.97 Å². The van der Waals surface area contributed by atoms with Gasteiger partial charge in [0.2, 0.25) is 5.91 Å². The molecule has 0 aliphatic carbocycles. The van der Waals surface area contributed by atoms with E-state index in [9.17, 15) is 14.7 Å². The number of aryl methyl sites for hydroxylation is 2. The lowest BCUT2D eigenvalue weighted by molar-refractivity contribution is -0.146. The number of carboxylic acids is 1. The Labute approximate surface area is 121 Å². The van der Waals surface area contributed by atoms with Crippen molar-refractivity contribution in [3.8, 4) is 0 Å². The second-order valence-corrected chi connectivity index (χ2v) is 6.29. The average molecular weight is 297 g/mol. The maximum atomic E-state index is 12.2. The molecule has 110 valence electrons. The quantitative estimate of drug-likeness (QED) is 0.853. The molecule has 0 unspecified atom stereocenters. The molecule has 2 N–H and O–H groups in total. The van der Waals surface area contributed by atoms with E-state index in [-0.39, 0.29) is 12.3 Å². The third kappa shape index (κ3) is 2.67. The molecule has 1 fully saturated rings. The SMILES string of the molecule is Cc1nn(C)c(C)c1CC(=O)N[C@@]1(C(=O)O)CCSC1. The maximum Gasteiger partial charge on any atom is 0.330 e. The minimum Gasteiger partial charge on any atom is -0.479 e. The molecule has 0 spiro atoms. The number of nitrogens with zero attached hydrogens (tertiary/aromatic N) is 2. The van der Waals surface area contributed by atoms with Gasteiger partial charge in [-0.1, -0.05) is 0 Å². The first kappa shape index (κ1) is 14.9. The Balaban J connectivity index is 2.11. The van der Waals surface area contributed by atoms with Crippen LogP contribution in [0.2, 0.25) is 0 Å². The number of hydrogen-bond donors (Lipinski definition) is 2. The summed E-state index contributed by atoms with van der Waals surface area (Å²) in [6.07, 6.45) is 0.648. The third-order valence-electron chi connectivity index (χ3n) is 3.81. The van der Waals surface area contributed by atoms with E-state index in [0.29, 0.717) is 12.2 Å². The molecule has 0 saturated carbocycles. The van der Waals surface area contributed by atoms with Crippen molar-refractivity contribution >= 4 is 23.6 Å².